The van der Waals surface area contributed by atoms with Gasteiger partial charge in [0.25, 0.3) is 0 Å². The third kappa shape index (κ3) is 3.29. The predicted octanol–water partition coefficient (Wildman–Crippen LogP) is 3.65. The summed E-state index contributed by atoms with van der Waals surface area (Å²) in [5, 5.41) is 1.09. The van der Waals surface area contributed by atoms with Gasteiger partial charge in [0.05, 0.1) is 6.04 Å². The zero-order valence-electron chi connectivity index (χ0n) is 16.8. The zero-order valence-corrected chi connectivity index (χ0v) is 17.5. The zero-order chi connectivity index (χ0) is 20.7. The molecule has 1 aliphatic heterocycles. The number of H-pyrrole nitrogens is 1. The number of hydrogen-bond donors (Lipinski definition) is 1. The molecule has 1 aliphatic rings. The molecule has 1 aromatic heterocycles. The topological polar surface area (TPSA) is 56.4 Å². The van der Waals surface area contributed by atoms with Crippen molar-refractivity contribution in [2.24, 2.45) is 0 Å². The maximum atomic E-state index is 13.1. The lowest BCUT2D eigenvalue weighted by molar-refractivity contribution is -0.145. The quantitative estimate of drug-likeness (QED) is 0.671. The Labute approximate surface area is 175 Å². The molecule has 5 nitrogen and oxygen atoms in total. The van der Waals surface area contributed by atoms with E-state index < -0.39 is 12.1 Å². The van der Waals surface area contributed by atoms with Crippen LogP contribution in [0, 0.1) is 6.92 Å². The Morgan fingerprint density at radius 1 is 1.14 bits per heavy atom. The first kappa shape index (κ1) is 19.5. The smallest absolute Gasteiger partial charge is 0.245 e. The number of aryl methyl sites for hydroxylation is 1. The predicted molar refractivity (Wildman–Crippen MR) is 115 cm³/mol. The molecule has 0 unspecified atom stereocenters. The van der Waals surface area contributed by atoms with Crippen molar-refractivity contribution in [3.63, 3.8) is 0 Å². The number of nitrogens with zero attached hydrogens (tertiary/aromatic N) is 2. The maximum absolute atomic E-state index is 13.1. The molecule has 2 atom stereocenters. The van der Waals surface area contributed by atoms with E-state index in [1.165, 1.54) is 0 Å². The fraction of sp³-hybridized carbons (Fsp3) is 0.304. The van der Waals surface area contributed by atoms with Gasteiger partial charge in [0.15, 0.2) is 0 Å². The number of aromatic amines is 1. The summed E-state index contributed by atoms with van der Waals surface area (Å²) >= 11 is 5.99. The largest absolute Gasteiger partial charge is 0.356 e. The maximum Gasteiger partial charge on any atom is 0.245 e. The van der Waals surface area contributed by atoms with Crippen molar-refractivity contribution in [2.75, 3.05) is 20.0 Å². The van der Waals surface area contributed by atoms with Crippen LogP contribution in [0.5, 0.6) is 0 Å². The second-order valence-electron chi connectivity index (χ2n) is 7.76. The third-order valence-electron chi connectivity index (χ3n) is 5.65. The molecule has 6 heteroatoms. The molecule has 0 fully saturated rings. The van der Waals surface area contributed by atoms with Gasteiger partial charge < -0.3 is 14.8 Å². The second-order valence-corrected chi connectivity index (χ2v) is 8.03. The summed E-state index contributed by atoms with van der Waals surface area (Å²) in [7, 11) is 3.44. The van der Waals surface area contributed by atoms with Crippen molar-refractivity contribution in [1.29, 1.82) is 0 Å². The van der Waals surface area contributed by atoms with Crippen molar-refractivity contribution in [3.8, 4) is 0 Å². The van der Waals surface area contributed by atoms with E-state index in [0.29, 0.717) is 6.42 Å². The van der Waals surface area contributed by atoms with Gasteiger partial charge in [-0.1, -0.05) is 48.0 Å². The van der Waals surface area contributed by atoms with E-state index in [0.717, 1.165) is 33.3 Å². The number of halogens is 1. The van der Waals surface area contributed by atoms with Gasteiger partial charge in [0.1, 0.15) is 11.9 Å². The number of benzene rings is 2. The van der Waals surface area contributed by atoms with Crippen molar-refractivity contribution >= 4 is 34.3 Å². The van der Waals surface area contributed by atoms with Crippen LogP contribution < -0.4 is 0 Å². The minimum atomic E-state index is -0.603. The van der Waals surface area contributed by atoms with Crippen LogP contribution in [-0.4, -0.2) is 52.6 Å². The first-order chi connectivity index (χ1) is 13.9. The highest BCUT2D eigenvalue weighted by atomic mass is 35.5. The molecule has 0 aliphatic carbocycles. The molecule has 0 spiro atoms. The highest BCUT2D eigenvalue weighted by molar-refractivity contribution is 6.27. The van der Waals surface area contributed by atoms with Crippen molar-refractivity contribution in [1.82, 2.24) is 14.8 Å². The Hall–Kier alpha value is -2.79. The molecule has 0 radical (unpaired) electrons. The van der Waals surface area contributed by atoms with Gasteiger partial charge >= 0.3 is 0 Å². The number of alkyl halides is 1. The van der Waals surface area contributed by atoms with E-state index in [2.05, 4.69) is 11.1 Å². The van der Waals surface area contributed by atoms with Gasteiger partial charge in [-0.15, -0.1) is 11.6 Å². The van der Waals surface area contributed by atoms with E-state index in [4.69, 9.17) is 11.6 Å². The first-order valence-electron chi connectivity index (χ1n) is 9.66. The minimum absolute atomic E-state index is 0.100. The van der Waals surface area contributed by atoms with Crippen LogP contribution in [0.2, 0.25) is 0 Å². The number of nitrogens with one attached hydrogen (secondary N) is 1. The Bertz CT molecular complexity index is 1070. The van der Waals surface area contributed by atoms with Gasteiger partial charge in [-0.25, -0.2) is 0 Å². The molecule has 2 amide bonds. The number of amides is 2. The van der Waals surface area contributed by atoms with Gasteiger partial charge in [0.2, 0.25) is 11.8 Å². The summed E-state index contributed by atoms with van der Waals surface area (Å²) in [5.74, 6) is -0.520. The number of fused-ring (bicyclic) bond motifs is 3. The van der Waals surface area contributed by atoms with Crippen molar-refractivity contribution in [3.05, 3.63) is 70.9 Å². The number of aromatic nitrogens is 1. The molecule has 29 heavy (non-hydrogen) atoms. The first-order valence-corrected chi connectivity index (χ1v) is 10.2. The van der Waals surface area contributed by atoms with E-state index in [1.54, 1.807) is 23.9 Å². The standard InChI is InChI=1S/C23H24ClN3O2/c1-14-8-10-15(11-9-14)22-21-17(16-6-4-5-7-18(16)25-21)12-19(23(29)26(2)3)27(22)20(28)13-24/h4-11,19,22,25H,12-13H2,1-3H3/t19-,22-/m1/s1. The van der Waals surface area contributed by atoms with Crippen LogP contribution in [0.3, 0.4) is 0 Å². The third-order valence-corrected chi connectivity index (χ3v) is 5.88. The summed E-state index contributed by atoms with van der Waals surface area (Å²) in [4.78, 5) is 32.8. The number of hydrogen-bond acceptors (Lipinski definition) is 2. The Balaban J connectivity index is 1.98. The Morgan fingerprint density at radius 2 is 1.83 bits per heavy atom. The molecule has 0 saturated heterocycles. The summed E-state index contributed by atoms with van der Waals surface area (Å²) < 4.78 is 0. The Kier molecular flexibility index (Phi) is 5.09. The van der Waals surface area contributed by atoms with Gasteiger partial charge in [-0.2, -0.15) is 0 Å². The molecule has 2 heterocycles. The molecule has 4 rings (SSSR count). The van der Waals surface area contributed by atoms with Crippen molar-refractivity contribution < 1.29 is 9.59 Å². The highest BCUT2D eigenvalue weighted by Crippen LogP contribution is 2.41. The lowest BCUT2D eigenvalue weighted by atomic mass is 9.87. The van der Waals surface area contributed by atoms with Gasteiger partial charge in [-0.3, -0.25) is 9.59 Å². The fourth-order valence-corrected chi connectivity index (χ4v) is 4.39. The minimum Gasteiger partial charge on any atom is -0.356 e. The number of rotatable bonds is 3. The SMILES string of the molecule is Cc1ccc([C@@H]2c3[nH]c4ccccc4c3C[C@H](C(=O)N(C)C)N2C(=O)CCl)cc1. The molecule has 0 bridgehead atoms. The van der Waals surface area contributed by atoms with E-state index in [-0.39, 0.29) is 17.7 Å². The van der Waals surface area contributed by atoms with E-state index in [9.17, 15) is 9.59 Å². The van der Waals surface area contributed by atoms with Crippen LogP contribution in [-0.2, 0) is 16.0 Å². The molecule has 1 N–H and O–H groups in total. The van der Waals surface area contributed by atoms with Crippen LogP contribution in [0.1, 0.15) is 28.4 Å². The average molecular weight is 410 g/mol. The van der Waals surface area contributed by atoms with Crippen LogP contribution in [0.15, 0.2) is 48.5 Å². The molecule has 3 aromatic rings. The summed E-state index contributed by atoms with van der Waals surface area (Å²) in [6.07, 6.45) is 0.460. The van der Waals surface area contributed by atoms with Crippen LogP contribution in [0.25, 0.3) is 10.9 Å². The normalized spacial score (nSPS) is 18.6. The summed E-state index contributed by atoms with van der Waals surface area (Å²) in [6.45, 7) is 2.03. The number of likely N-dealkylation sites (N-methyl/N-ethyl adjacent to an activating group) is 1. The van der Waals surface area contributed by atoms with E-state index >= 15 is 0 Å². The van der Waals surface area contributed by atoms with E-state index in [1.807, 2.05) is 49.4 Å². The van der Waals surface area contributed by atoms with Crippen LogP contribution in [0.4, 0.5) is 0 Å². The molecule has 0 saturated carbocycles. The van der Waals surface area contributed by atoms with Gasteiger partial charge in [-0.05, 0) is 24.1 Å². The lowest BCUT2D eigenvalue weighted by Crippen LogP contribution is -2.54. The lowest BCUT2D eigenvalue weighted by Gasteiger charge is -2.42. The monoisotopic (exact) mass is 409 g/mol. The molecule has 150 valence electrons. The highest BCUT2D eigenvalue weighted by Gasteiger charge is 2.43. The fourth-order valence-electron chi connectivity index (χ4n) is 4.25. The number of carbonyl (C=O) groups excluding carboxylic acids is 2. The van der Waals surface area contributed by atoms with Crippen LogP contribution >= 0.6 is 11.6 Å². The molecular formula is C23H24ClN3O2. The summed E-state index contributed by atoms with van der Waals surface area (Å²) in [5.41, 5.74) is 5.14. The second kappa shape index (κ2) is 7.56. The average Bonchev–Trinajstić information content (AvgIpc) is 3.10. The number of carbonyl (C=O) groups is 2. The molecule has 2 aromatic carbocycles. The summed E-state index contributed by atoms with van der Waals surface area (Å²) in [6, 6.07) is 15.2. The van der Waals surface area contributed by atoms with Gasteiger partial charge in [0, 0.05) is 37.1 Å². The molecular weight excluding hydrogens is 386 g/mol. The number of para-hydroxylation sites is 1. The van der Waals surface area contributed by atoms with Crippen molar-refractivity contribution in [2.45, 2.75) is 25.4 Å². The Morgan fingerprint density at radius 3 is 2.48 bits per heavy atom.